The normalized spacial score (nSPS) is 12.7. The van der Waals surface area contributed by atoms with E-state index in [2.05, 4.69) is 22.6 Å². The maximum Gasteiger partial charge on any atom is 0.341 e. The second kappa shape index (κ2) is 9.80. The molecule has 1 heterocycles. The Hall–Kier alpha value is -2.46. The number of aromatic nitrogens is 1. The summed E-state index contributed by atoms with van der Waals surface area (Å²) in [6, 6.07) is 7.93. The Morgan fingerprint density at radius 3 is 2.42 bits per heavy atom. The highest BCUT2D eigenvalue weighted by molar-refractivity contribution is 14.1. The number of carbonyl (C=O) groups is 1. The Balaban J connectivity index is 2.33. The molecule has 0 fully saturated rings. The molecule has 1 atom stereocenters. The van der Waals surface area contributed by atoms with Gasteiger partial charge in [-0.25, -0.2) is 9.18 Å². The minimum Gasteiger partial charge on any atom is -0.496 e. The molecule has 3 aromatic rings. The molecule has 0 spiro atoms. The molecule has 1 aromatic heterocycles. The van der Waals surface area contributed by atoms with Gasteiger partial charge in [-0.05, 0) is 28.2 Å². The Labute approximate surface area is 205 Å². The van der Waals surface area contributed by atoms with Crippen LogP contribution in [0.1, 0.15) is 53.9 Å². The van der Waals surface area contributed by atoms with Gasteiger partial charge < -0.3 is 19.5 Å². The summed E-state index contributed by atoms with van der Waals surface area (Å²) in [5.74, 6) is -1.21. The van der Waals surface area contributed by atoms with Crippen molar-refractivity contribution in [1.29, 1.82) is 0 Å². The predicted molar refractivity (Wildman–Crippen MR) is 134 cm³/mol. The first-order chi connectivity index (χ1) is 15.5. The first-order valence-corrected chi connectivity index (χ1v) is 12.0. The summed E-state index contributed by atoms with van der Waals surface area (Å²) < 4.78 is 22.6. The third-order valence-corrected chi connectivity index (χ3v) is 6.68. The van der Waals surface area contributed by atoms with E-state index in [0.29, 0.717) is 32.4 Å². The fourth-order valence-electron chi connectivity index (χ4n) is 4.02. The van der Waals surface area contributed by atoms with Crippen molar-refractivity contribution >= 4 is 39.5 Å². The van der Waals surface area contributed by atoms with Gasteiger partial charge in [-0.2, -0.15) is 0 Å². The van der Waals surface area contributed by atoms with Crippen molar-refractivity contribution in [2.24, 2.45) is 5.41 Å². The van der Waals surface area contributed by atoms with Crippen LogP contribution in [0.25, 0.3) is 10.9 Å². The van der Waals surface area contributed by atoms with E-state index in [4.69, 9.17) is 4.74 Å². The van der Waals surface area contributed by atoms with E-state index in [0.717, 1.165) is 0 Å². The number of nitrogens with zero attached hydrogens (tertiary/aromatic N) is 1. The quantitative estimate of drug-likeness (QED) is 0.312. The standard InChI is InChI=1S/C25H27FINO5/c1-25(2,3)21(13-29)28-12-18(24(31)32)23(30)17-9-16(20(33-4)10-19(17)28)8-14-6-5-7-15(11-27)22(14)26/h5-7,9-10,12,21,29H,8,11,13H2,1-4H3,(H,31,32)/t21-/m1/s1. The van der Waals surface area contributed by atoms with E-state index in [-0.39, 0.29) is 29.8 Å². The highest BCUT2D eigenvalue weighted by Crippen LogP contribution is 2.35. The first-order valence-electron chi connectivity index (χ1n) is 10.5. The first kappa shape index (κ1) is 25.2. The van der Waals surface area contributed by atoms with E-state index >= 15 is 0 Å². The van der Waals surface area contributed by atoms with Crippen molar-refractivity contribution in [2.45, 2.75) is 37.7 Å². The predicted octanol–water partition coefficient (Wildman–Crippen LogP) is 4.95. The van der Waals surface area contributed by atoms with Crippen LogP contribution in [-0.2, 0) is 10.8 Å². The van der Waals surface area contributed by atoms with Crippen LogP contribution in [0.3, 0.4) is 0 Å². The number of hydrogen-bond acceptors (Lipinski definition) is 4. The Morgan fingerprint density at radius 2 is 1.88 bits per heavy atom. The van der Waals surface area contributed by atoms with Gasteiger partial charge in [0.05, 0.1) is 25.3 Å². The zero-order chi connectivity index (χ0) is 24.5. The lowest BCUT2D eigenvalue weighted by Crippen LogP contribution is -2.30. The number of benzene rings is 2. The van der Waals surface area contributed by atoms with E-state index in [1.165, 1.54) is 13.3 Å². The van der Waals surface area contributed by atoms with E-state index in [1.54, 1.807) is 34.9 Å². The van der Waals surface area contributed by atoms with Gasteiger partial charge in [-0.3, -0.25) is 4.79 Å². The summed E-state index contributed by atoms with van der Waals surface area (Å²) in [5.41, 5.74) is 0.600. The molecule has 3 rings (SSSR count). The second-order valence-electron chi connectivity index (χ2n) is 9.03. The number of methoxy groups -OCH3 is 1. The molecule has 0 saturated carbocycles. The maximum absolute atomic E-state index is 14.9. The van der Waals surface area contributed by atoms with Crippen LogP contribution < -0.4 is 10.2 Å². The van der Waals surface area contributed by atoms with Crippen molar-refractivity contribution in [3.63, 3.8) is 0 Å². The summed E-state index contributed by atoms with van der Waals surface area (Å²) in [6.07, 6.45) is 1.46. The molecule has 0 aliphatic heterocycles. The van der Waals surface area contributed by atoms with Crippen molar-refractivity contribution in [3.8, 4) is 5.75 Å². The molecular weight excluding hydrogens is 540 g/mol. The number of aliphatic hydroxyl groups is 1. The number of aliphatic hydroxyl groups excluding tert-OH is 1. The molecule has 0 saturated heterocycles. The van der Waals surface area contributed by atoms with Crippen molar-refractivity contribution < 1.29 is 24.1 Å². The number of rotatable bonds is 7. The van der Waals surface area contributed by atoms with Crippen LogP contribution in [0.2, 0.25) is 0 Å². The number of hydrogen-bond donors (Lipinski definition) is 2. The molecule has 2 N–H and O–H groups in total. The highest BCUT2D eigenvalue weighted by atomic mass is 127. The zero-order valence-electron chi connectivity index (χ0n) is 19.0. The highest BCUT2D eigenvalue weighted by Gasteiger charge is 2.28. The maximum atomic E-state index is 14.9. The number of alkyl halides is 1. The van der Waals surface area contributed by atoms with Crippen LogP contribution in [0.15, 0.2) is 41.3 Å². The summed E-state index contributed by atoms with van der Waals surface area (Å²) in [6.45, 7) is 5.52. The number of pyridine rings is 1. The van der Waals surface area contributed by atoms with Gasteiger partial charge in [0.2, 0.25) is 5.43 Å². The van der Waals surface area contributed by atoms with E-state index < -0.39 is 22.9 Å². The SMILES string of the molecule is COc1cc2c(cc1Cc1cccc(CI)c1F)c(=O)c(C(=O)O)cn2[C@H](CO)C(C)(C)C. The van der Waals surface area contributed by atoms with Crippen molar-refractivity contribution in [1.82, 2.24) is 4.57 Å². The van der Waals surface area contributed by atoms with Crippen LogP contribution in [-0.4, -0.2) is 34.5 Å². The number of ether oxygens (including phenoxy) is 1. The number of carboxylic acids is 1. The zero-order valence-corrected chi connectivity index (χ0v) is 21.1. The number of halogens is 2. The van der Waals surface area contributed by atoms with E-state index in [9.17, 15) is 24.2 Å². The topological polar surface area (TPSA) is 88.8 Å². The smallest absolute Gasteiger partial charge is 0.341 e. The van der Waals surface area contributed by atoms with Gasteiger partial charge in [0, 0.05) is 28.5 Å². The number of aromatic carboxylic acids is 1. The summed E-state index contributed by atoms with van der Waals surface area (Å²) in [5, 5.41) is 19.9. The van der Waals surface area contributed by atoms with Crippen LogP contribution in [0, 0.1) is 11.2 Å². The van der Waals surface area contributed by atoms with Crippen molar-refractivity contribution in [3.05, 3.63) is 74.8 Å². The third kappa shape index (κ3) is 4.91. The van der Waals surface area contributed by atoms with Crippen LogP contribution >= 0.6 is 22.6 Å². The molecule has 0 aliphatic rings. The average molecular weight is 567 g/mol. The van der Waals surface area contributed by atoms with Gasteiger partial charge in [0.25, 0.3) is 0 Å². The third-order valence-electron chi connectivity index (χ3n) is 5.86. The molecule has 0 aliphatic carbocycles. The molecule has 6 nitrogen and oxygen atoms in total. The lowest BCUT2D eigenvalue weighted by Gasteiger charge is -2.33. The molecule has 8 heteroatoms. The number of carboxylic acid groups (broad SMARTS) is 1. The second-order valence-corrected chi connectivity index (χ2v) is 9.79. The Morgan fingerprint density at radius 1 is 1.21 bits per heavy atom. The van der Waals surface area contributed by atoms with Gasteiger partial charge >= 0.3 is 5.97 Å². The van der Waals surface area contributed by atoms with Crippen molar-refractivity contribution in [2.75, 3.05) is 13.7 Å². The molecule has 0 bridgehead atoms. The lowest BCUT2D eigenvalue weighted by molar-refractivity contribution is 0.0692. The van der Waals surface area contributed by atoms with Gasteiger partial charge in [-0.15, -0.1) is 0 Å². The molecular formula is C25H27FINO5. The lowest BCUT2D eigenvalue weighted by atomic mass is 9.86. The molecule has 0 unspecified atom stereocenters. The van der Waals surface area contributed by atoms with Crippen LogP contribution in [0.4, 0.5) is 4.39 Å². The summed E-state index contributed by atoms with van der Waals surface area (Å²) in [7, 11) is 1.49. The Bertz CT molecular complexity index is 1260. The monoisotopic (exact) mass is 567 g/mol. The molecule has 0 radical (unpaired) electrons. The van der Waals surface area contributed by atoms with E-state index in [1.807, 2.05) is 20.8 Å². The number of fused-ring (bicyclic) bond motifs is 1. The average Bonchev–Trinajstić information content (AvgIpc) is 2.75. The van der Waals surface area contributed by atoms with Gasteiger partial charge in [0.1, 0.15) is 17.1 Å². The largest absolute Gasteiger partial charge is 0.496 e. The summed E-state index contributed by atoms with van der Waals surface area (Å²) in [4.78, 5) is 24.9. The molecule has 33 heavy (non-hydrogen) atoms. The fourth-order valence-corrected chi connectivity index (χ4v) is 4.61. The molecule has 0 amide bonds. The Kier molecular flexibility index (Phi) is 7.48. The molecule has 176 valence electrons. The van der Waals surface area contributed by atoms with Crippen LogP contribution in [0.5, 0.6) is 5.75 Å². The molecule has 2 aromatic carbocycles. The van der Waals surface area contributed by atoms with Gasteiger partial charge in [0.15, 0.2) is 0 Å². The minimum absolute atomic E-state index is 0.175. The summed E-state index contributed by atoms with van der Waals surface area (Å²) >= 11 is 2.10. The fraction of sp³-hybridized carbons (Fsp3) is 0.360. The minimum atomic E-state index is -1.35. The van der Waals surface area contributed by atoms with Gasteiger partial charge in [-0.1, -0.05) is 61.6 Å².